The lowest BCUT2D eigenvalue weighted by Crippen LogP contribution is -2.52. The van der Waals surface area contributed by atoms with E-state index in [0.717, 1.165) is 27.2 Å². The van der Waals surface area contributed by atoms with Crippen molar-refractivity contribution in [1.82, 2.24) is 4.98 Å². The first-order valence-corrected chi connectivity index (χ1v) is 10.1. The number of rotatable bonds is 1. The molecule has 1 aromatic heterocycles. The Balaban J connectivity index is 1.69. The highest BCUT2D eigenvalue weighted by Gasteiger charge is 2.60. The summed E-state index contributed by atoms with van der Waals surface area (Å²) in [4.78, 5) is 6.56. The molecule has 27 heavy (non-hydrogen) atoms. The molecule has 0 bridgehead atoms. The molecule has 1 atom stereocenters. The Morgan fingerprint density at radius 2 is 1.78 bits per heavy atom. The van der Waals surface area contributed by atoms with Crippen LogP contribution in [-0.2, 0) is 4.74 Å². The fraction of sp³-hybridized carbons (Fsp3) is 0.182. The fourth-order valence-electron chi connectivity index (χ4n) is 3.76. The Morgan fingerprint density at radius 3 is 2.59 bits per heavy atom. The van der Waals surface area contributed by atoms with Gasteiger partial charge in [0.25, 0.3) is 5.17 Å². The highest BCUT2D eigenvalue weighted by molar-refractivity contribution is 8.01. The average Bonchev–Trinajstić information content (AvgIpc) is 2.85. The van der Waals surface area contributed by atoms with Gasteiger partial charge in [0.1, 0.15) is 10.6 Å². The predicted molar refractivity (Wildman–Crippen MR) is 116 cm³/mol. The van der Waals surface area contributed by atoms with Crippen molar-refractivity contribution >= 4 is 51.8 Å². The zero-order chi connectivity index (χ0) is 18.6. The van der Waals surface area contributed by atoms with Crippen LogP contribution in [0.25, 0.3) is 17.0 Å². The smallest absolute Gasteiger partial charge is 0.266 e. The van der Waals surface area contributed by atoms with Crippen LogP contribution < -0.4 is 4.90 Å². The van der Waals surface area contributed by atoms with Gasteiger partial charge in [-0.15, -0.1) is 0 Å². The summed E-state index contributed by atoms with van der Waals surface area (Å²) in [6, 6.07) is 20.6. The second-order valence-corrected chi connectivity index (χ2v) is 8.82. The van der Waals surface area contributed by atoms with Crippen LogP contribution in [0.5, 0.6) is 0 Å². The van der Waals surface area contributed by atoms with Gasteiger partial charge in [-0.2, -0.15) is 0 Å². The number of pyridine rings is 1. The number of hydrogen-bond donors (Lipinski definition) is 0. The number of fused-ring (bicyclic) bond motifs is 2. The van der Waals surface area contributed by atoms with Gasteiger partial charge >= 0.3 is 0 Å². The molecule has 5 rings (SSSR count). The quantitative estimate of drug-likeness (QED) is 0.500. The van der Waals surface area contributed by atoms with Gasteiger partial charge < -0.3 is 4.74 Å². The molecule has 2 aliphatic rings. The first-order chi connectivity index (χ1) is 13.0. The average molecular weight is 391 g/mol. The van der Waals surface area contributed by atoms with Crippen molar-refractivity contribution in [1.29, 1.82) is 0 Å². The van der Waals surface area contributed by atoms with Crippen molar-refractivity contribution in [2.75, 3.05) is 4.90 Å². The number of para-hydroxylation sites is 2. The maximum atomic E-state index is 6.17. The second kappa shape index (κ2) is 5.81. The largest absolute Gasteiger partial charge is 0.461 e. The third kappa shape index (κ3) is 2.42. The molecule has 1 saturated heterocycles. The molecule has 0 amide bonds. The standard InChI is InChI=1S/C22H18N2OS2/c1-21(2)22(24(20(26)25-21)17-9-4-3-5-10-17)13-12-16-14-15-8-6-7-11-18(15)23-19(16)27-22/h3-14H,1-2H3. The molecule has 2 aromatic carbocycles. The van der Waals surface area contributed by atoms with Gasteiger partial charge in [0.15, 0.2) is 4.87 Å². The molecule has 0 radical (unpaired) electrons. The molecule has 0 aliphatic carbocycles. The van der Waals surface area contributed by atoms with Crippen LogP contribution in [0.4, 0.5) is 5.69 Å². The molecule has 3 nitrogen and oxygen atoms in total. The van der Waals surface area contributed by atoms with Crippen molar-refractivity contribution in [3.8, 4) is 0 Å². The van der Waals surface area contributed by atoms with Gasteiger partial charge in [-0.05, 0) is 56.4 Å². The Kier molecular flexibility index (Phi) is 3.61. The van der Waals surface area contributed by atoms with E-state index in [-0.39, 0.29) is 0 Å². The zero-order valence-corrected chi connectivity index (χ0v) is 16.7. The van der Waals surface area contributed by atoms with Crippen molar-refractivity contribution in [2.45, 2.75) is 29.3 Å². The minimum Gasteiger partial charge on any atom is -0.461 e. The molecule has 134 valence electrons. The number of ether oxygens (including phenoxy) is 1. The van der Waals surface area contributed by atoms with Crippen LogP contribution in [0.15, 0.2) is 71.8 Å². The molecule has 5 heteroatoms. The predicted octanol–water partition coefficient (Wildman–Crippen LogP) is 5.65. The van der Waals surface area contributed by atoms with Crippen LogP contribution in [0.2, 0.25) is 0 Å². The molecule has 1 fully saturated rings. The van der Waals surface area contributed by atoms with E-state index in [2.05, 4.69) is 61.2 Å². The summed E-state index contributed by atoms with van der Waals surface area (Å²) < 4.78 is 6.17. The molecule has 0 saturated carbocycles. The molecule has 1 unspecified atom stereocenters. The van der Waals surface area contributed by atoms with E-state index in [1.54, 1.807) is 11.8 Å². The van der Waals surface area contributed by atoms with Crippen LogP contribution in [-0.4, -0.2) is 20.6 Å². The number of hydrogen-bond acceptors (Lipinski definition) is 4. The summed E-state index contributed by atoms with van der Waals surface area (Å²) in [5, 5.41) is 2.64. The SMILES string of the molecule is CC1(C)OC(=S)N(c2ccccc2)C12C=Cc1cc3ccccc3nc1S2. The van der Waals surface area contributed by atoms with Gasteiger partial charge in [0.2, 0.25) is 0 Å². The lowest BCUT2D eigenvalue weighted by molar-refractivity contribution is 0.111. The van der Waals surface area contributed by atoms with Crippen molar-refractivity contribution in [3.05, 3.63) is 72.3 Å². The Morgan fingerprint density at radius 1 is 1.04 bits per heavy atom. The summed E-state index contributed by atoms with van der Waals surface area (Å²) >= 11 is 7.35. The van der Waals surface area contributed by atoms with Crippen molar-refractivity contribution in [3.63, 3.8) is 0 Å². The molecule has 3 aromatic rings. The lowest BCUT2D eigenvalue weighted by atomic mass is 9.95. The van der Waals surface area contributed by atoms with Crippen LogP contribution in [0.3, 0.4) is 0 Å². The van der Waals surface area contributed by atoms with Crippen molar-refractivity contribution in [2.24, 2.45) is 0 Å². The minimum absolute atomic E-state index is 0.492. The molecule has 3 heterocycles. The fourth-order valence-corrected chi connectivity index (χ4v) is 5.66. The number of nitrogens with zero attached hydrogens (tertiary/aromatic N) is 2. The minimum atomic E-state index is -0.508. The van der Waals surface area contributed by atoms with E-state index in [9.17, 15) is 0 Å². The van der Waals surface area contributed by atoms with E-state index in [0.29, 0.717) is 5.17 Å². The summed E-state index contributed by atoms with van der Waals surface area (Å²) in [6.45, 7) is 4.18. The maximum Gasteiger partial charge on any atom is 0.266 e. The highest BCUT2D eigenvalue weighted by Crippen LogP contribution is 2.55. The van der Waals surface area contributed by atoms with Crippen molar-refractivity contribution < 1.29 is 4.74 Å². The number of benzene rings is 2. The van der Waals surface area contributed by atoms with Gasteiger partial charge in [0.05, 0.1) is 5.52 Å². The Labute approximate surface area is 168 Å². The summed E-state index contributed by atoms with van der Waals surface area (Å²) in [5.41, 5.74) is 2.65. The molecule has 1 spiro atoms. The zero-order valence-electron chi connectivity index (χ0n) is 15.0. The number of anilines is 1. The third-order valence-electron chi connectivity index (χ3n) is 5.19. The van der Waals surface area contributed by atoms with E-state index in [4.69, 9.17) is 21.9 Å². The monoisotopic (exact) mass is 390 g/mol. The van der Waals surface area contributed by atoms with Gasteiger partial charge in [0, 0.05) is 16.6 Å². The van der Waals surface area contributed by atoms with E-state index in [1.165, 1.54) is 0 Å². The maximum absolute atomic E-state index is 6.17. The Bertz CT molecular complexity index is 1090. The van der Waals surface area contributed by atoms with Crippen LogP contribution in [0.1, 0.15) is 19.4 Å². The first-order valence-electron chi connectivity index (χ1n) is 8.86. The summed E-state index contributed by atoms with van der Waals surface area (Å²) in [7, 11) is 0. The highest BCUT2D eigenvalue weighted by atomic mass is 32.2. The number of thiocarbonyl (C=S) groups is 1. The van der Waals surface area contributed by atoms with E-state index in [1.807, 2.05) is 30.3 Å². The molecular formula is C22H18N2OS2. The lowest BCUT2D eigenvalue weighted by Gasteiger charge is -2.42. The summed E-state index contributed by atoms with van der Waals surface area (Å²) in [6.07, 6.45) is 4.36. The van der Waals surface area contributed by atoms with Gasteiger partial charge in [-0.25, -0.2) is 4.98 Å². The van der Waals surface area contributed by atoms with Crippen LogP contribution >= 0.6 is 24.0 Å². The molecule has 2 aliphatic heterocycles. The molecule has 0 N–H and O–H groups in total. The van der Waals surface area contributed by atoms with Crippen LogP contribution in [0, 0.1) is 0 Å². The Hall–Kier alpha value is -2.37. The van der Waals surface area contributed by atoms with Gasteiger partial charge in [-0.3, -0.25) is 4.90 Å². The number of thioether (sulfide) groups is 1. The topological polar surface area (TPSA) is 25.4 Å². The number of aromatic nitrogens is 1. The van der Waals surface area contributed by atoms with E-state index < -0.39 is 10.5 Å². The second-order valence-electron chi connectivity index (χ2n) is 7.26. The summed E-state index contributed by atoms with van der Waals surface area (Å²) in [5.74, 6) is 0. The third-order valence-corrected chi connectivity index (χ3v) is 7.10. The van der Waals surface area contributed by atoms with E-state index >= 15 is 0 Å². The first kappa shape index (κ1) is 16.8. The van der Waals surface area contributed by atoms with Gasteiger partial charge in [-0.1, -0.05) is 54.2 Å². The molecular weight excluding hydrogens is 372 g/mol. The normalized spacial score (nSPS) is 22.9.